The number of benzene rings is 1. The average Bonchev–Trinajstić information content (AvgIpc) is 2.56. The van der Waals surface area contributed by atoms with E-state index in [2.05, 4.69) is 10.6 Å². The zero-order valence-electron chi connectivity index (χ0n) is 13.7. The van der Waals surface area contributed by atoms with Gasteiger partial charge in [0.2, 0.25) is 5.91 Å². The van der Waals surface area contributed by atoms with Crippen molar-refractivity contribution in [2.75, 3.05) is 25.0 Å². The number of carbonyl (C=O) groups is 2. The SMILES string of the molecule is CCC(=O)NCC1CCCN(C(=O)Nc2cc(Cl)ccc2C)C1. The quantitative estimate of drug-likeness (QED) is 0.884. The van der Waals surface area contributed by atoms with Crippen LogP contribution in [-0.4, -0.2) is 36.5 Å². The van der Waals surface area contributed by atoms with Gasteiger partial charge in [0, 0.05) is 36.8 Å². The number of urea groups is 1. The maximum atomic E-state index is 12.5. The van der Waals surface area contributed by atoms with Gasteiger partial charge in [-0.1, -0.05) is 24.6 Å². The van der Waals surface area contributed by atoms with E-state index < -0.39 is 0 Å². The normalized spacial score (nSPS) is 17.7. The van der Waals surface area contributed by atoms with Crippen molar-refractivity contribution in [3.8, 4) is 0 Å². The van der Waals surface area contributed by atoms with Crippen LogP contribution in [-0.2, 0) is 4.79 Å². The second-order valence-corrected chi connectivity index (χ2v) is 6.44. The first-order valence-electron chi connectivity index (χ1n) is 8.08. The van der Waals surface area contributed by atoms with E-state index in [9.17, 15) is 9.59 Å². The molecule has 0 saturated carbocycles. The predicted molar refractivity (Wildman–Crippen MR) is 92.8 cm³/mol. The molecule has 1 heterocycles. The molecular formula is C17H24ClN3O2. The molecule has 1 fully saturated rings. The van der Waals surface area contributed by atoms with Gasteiger partial charge in [-0.3, -0.25) is 4.79 Å². The van der Waals surface area contributed by atoms with Gasteiger partial charge >= 0.3 is 6.03 Å². The summed E-state index contributed by atoms with van der Waals surface area (Å²) in [4.78, 5) is 25.6. The molecule has 1 atom stereocenters. The maximum absolute atomic E-state index is 12.5. The molecule has 1 unspecified atom stereocenters. The number of hydrogen-bond acceptors (Lipinski definition) is 2. The van der Waals surface area contributed by atoms with Crippen molar-refractivity contribution in [3.05, 3.63) is 28.8 Å². The lowest BCUT2D eigenvalue weighted by molar-refractivity contribution is -0.121. The molecule has 0 spiro atoms. The first-order chi connectivity index (χ1) is 11.0. The number of hydrogen-bond donors (Lipinski definition) is 2. The highest BCUT2D eigenvalue weighted by Crippen LogP contribution is 2.22. The lowest BCUT2D eigenvalue weighted by Crippen LogP contribution is -2.45. The molecule has 0 aromatic heterocycles. The minimum absolute atomic E-state index is 0.0566. The highest BCUT2D eigenvalue weighted by Gasteiger charge is 2.24. The van der Waals surface area contributed by atoms with Crippen molar-refractivity contribution >= 4 is 29.2 Å². The van der Waals surface area contributed by atoms with E-state index in [1.807, 2.05) is 24.8 Å². The molecule has 23 heavy (non-hydrogen) atoms. The van der Waals surface area contributed by atoms with Crippen molar-refractivity contribution in [1.82, 2.24) is 10.2 Å². The maximum Gasteiger partial charge on any atom is 0.321 e. The summed E-state index contributed by atoms with van der Waals surface area (Å²) < 4.78 is 0. The molecule has 1 saturated heterocycles. The summed E-state index contributed by atoms with van der Waals surface area (Å²) in [6.07, 6.45) is 2.48. The van der Waals surface area contributed by atoms with Gasteiger partial charge in [-0.2, -0.15) is 0 Å². The fourth-order valence-electron chi connectivity index (χ4n) is 2.72. The Balaban J connectivity index is 1.91. The topological polar surface area (TPSA) is 61.4 Å². The second-order valence-electron chi connectivity index (χ2n) is 6.00. The summed E-state index contributed by atoms with van der Waals surface area (Å²) in [5.41, 5.74) is 1.72. The number of amides is 3. The van der Waals surface area contributed by atoms with E-state index in [4.69, 9.17) is 11.6 Å². The second kappa shape index (κ2) is 8.20. The number of piperidine rings is 1. The third-order valence-corrected chi connectivity index (χ3v) is 4.39. The molecule has 2 rings (SSSR count). The third-order valence-electron chi connectivity index (χ3n) is 4.16. The van der Waals surface area contributed by atoms with E-state index in [1.54, 1.807) is 12.1 Å². The number of rotatable bonds is 4. The van der Waals surface area contributed by atoms with Gasteiger partial charge in [-0.25, -0.2) is 4.79 Å². The Kier molecular flexibility index (Phi) is 6.28. The molecule has 6 heteroatoms. The summed E-state index contributed by atoms with van der Waals surface area (Å²) in [5.74, 6) is 0.367. The Bertz CT molecular complexity index is 577. The Morgan fingerprint density at radius 1 is 1.39 bits per heavy atom. The number of carbonyl (C=O) groups excluding carboxylic acids is 2. The van der Waals surface area contributed by atoms with E-state index in [1.165, 1.54) is 0 Å². The van der Waals surface area contributed by atoms with Crippen LogP contribution >= 0.6 is 11.6 Å². The lowest BCUT2D eigenvalue weighted by atomic mass is 9.98. The van der Waals surface area contributed by atoms with Crippen LogP contribution in [0.4, 0.5) is 10.5 Å². The minimum atomic E-state index is -0.109. The van der Waals surface area contributed by atoms with Gasteiger partial charge < -0.3 is 15.5 Å². The zero-order valence-corrected chi connectivity index (χ0v) is 14.4. The van der Waals surface area contributed by atoms with Crippen molar-refractivity contribution in [1.29, 1.82) is 0 Å². The van der Waals surface area contributed by atoms with Gasteiger partial charge in [0.05, 0.1) is 0 Å². The zero-order chi connectivity index (χ0) is 16.8. The number of anilines is 1. The minimum Gasteiger partial charge on any atom is -0.356 e. The predicted octanol–water partition coefficient (Wildman–Crippen LogP) is 3.42. The Hall–Kier alpha value is -1.75. The standard InChI is InChI=1S/C17H24ClN3O2/c1-3-16(22)19-10-13-5-4-8-21(11-13)17(23)20-15-9-14(18)7-6-12(15)2/h6-7,9,13H,3-5,8,10-11H2,1-2H3,(H,19,22)(H,20,23). The van der Waals surface area contributed by atoms with Crippen LogP contribution in [0.2, 0.25) is 5.02 Å². The summed E-state index contributed by atoms with van der Waals surface area (Å²) in [7, 11) is 0. The molecule has 1 aliphatic rings. The van der Waals surface area contributed by atoms with Gasteiger partial charge in [0.25, 0.3) is 0 Å². The Labute approximate surface area is 142 Å². The molecule has 3 amide bonds. The number of aryl methyl sites for hydroxylation is 1. The van der Waals surface area contributed by atoms with Crippen LogP contribution in [0.3, 0.4) is 0 Å². The first kappa shape index (κ1) is 17.6. The van der Waals surface area contributed by atoms with Crippen molar-refractivity contribution in [2.24, 2.45) is 5.92 Å². The Morgan fingerprint density at radius 2 is 2.17 bits per heavy atom. The molecule has 126 valence electrons. The van der Waals surface area contributed by atoms with E-state index in [-0.39, 0.29) is 11.9 Å². The molecule has 5 nitrogen and oxygen atoms in total. The first-order valence-corrected chi connectivity index (χ1v) is 8.46. The fraction of sp³-hybridized carbons (Fsp3) is 0.529. The third kappa shape index (κ3) is 5.13. The van der Waals surface area contributed by atoms with E-state index in [0.29, 0.717) is 30.5 Å². The number of nitrogens with zero attached hydrogens (tertiary/aromatic N) is 1. The average molecular weight is 338 g/mol. The van der Waals surface area contributed by atoms with Gasteiger partial charge in [-0.15, -0.1) is 0 Å². The number of likely N-dealkylation sites (tertiary alicyclic amines) is 1. The summed E-state index contributed by atoms with van der Waals surface area (Å²) in [6.45, 7) is 5.81. The van der Waals surface area contributed by atoms with Gasteiger partial charge in [0.15, 0.2) is 0 Å². The fourth-order valence-corrected chi connectivity index (χ4v) is 2.89. The summed E-state index contributed by atoms with van der Waals surface area (Å²) in [6, 6.07) is 5.34. The van der Waals surface area contributed by atoms with Crippen molar-refractivity contribution < 1.29 is 9.59 Å². The van der Waals surface area contributed by atoms with Crippen LogP contribution in [0.25, 0.3) is 0 Å². The molecule has 0 aliphatic carbocycles. The van der Waals surface area contributed by atoms with Crippen LogP contribution < -0.4 is 10.6 Å². The van der Waals surface area contributed by atoms with Gasteiger partial charge in [-0.05, 0) is 43.4 Å². The molecular weight excluding hydrogens is 314 g/mol. The van der Waals surface area contributed by atoms with Crippen LogP contribution in [0, 0.1) is 12.8 Å². The molecule has 2 N–H and O–H groups in total. The number of halogens is 1. The van der Waals surface area contributed by atoms with E-state index in [0.717, 1.165) is 30.6 Å². The van der Waals surface area contributed by atoms with E-state index >= 15 is 0 Å². The highest BCUT2D eigenvalue weighted by molar-refractivity contribution is 6.31. The molecule has 0 bridgehead atoms. The Morgan fingerprint density at radius 3 is 2.91 bits per heavy atom. The monoisotopic (exact) mass is 337 g/mol. The summed E-state index contributed by atoms with van der Waals surface area (Å²) >= 11 is 5.99. The molecule has 1 aromatic carbocycles. The molecule has 1 aliphatic heterocycles. The molecule has 1 aromatic rings. The number of nitrogens with one attached hydrogen (secondary N) is 2. The lowest BCUT2D eigenvalue weighted by Gasteiger charge is -2.33. The summed E-state index contributed by atoms with van der Waals surface area (Å²) in [5, 5.41) is 6.45. The van der Waals surface area contributed by atoms with Crippen LogP contribution in [0.15, 0.2) is 18.2 Å². The van der Waals surface area contributed by atoms with Crippen molar-refractivity contribution in [3.63, 3.8) is 0 Å². The largest absolute Gasteiger partial charge is 0.356 e. The highest BCUT2D eigenvalue weighted by atomic mass is 35.5. The van der Waals surface area contributed by atoms with Crippen LogP contribution in [0.5, 0.6) is 0 Å². The van der Waals surface area contributed by atoms with Crippen molar-refractivity contribution in [2.45, 2.75) is 33.1 Å². The van der Waals surface area contributed by atoms with Crippen LogP contribution in [0.1, 0.15) is 31.7 Å². The smallest absolute Gasteiger partial charge is 0.321 e. The van der Waals surface area contributed by atoms with Gasteiger partial charge in [0.1, 0.15) is 0 Å². The molecule has 0 radical (unpaired) electrons.